The van der Waals surface area contributed by atoms with E-state index in [-0.39, 0.29) is 0 Å². The SMILES string of the molecule is O=C(CCc1cccnc1)N1CCCCC1C1CCCN1. The van der Waals surface area contributed by atoms with Gasteiger partial charge in [-0.25, -0.2) is 0 Å². The van der Waals surface area contributed by atoms with E-state index in [2.05, 4.69) is 15.2 Å². The first-order valence-electron chi connectivity index (χ1n) is 8.26. The molecule has 0 aromatic carbocycles. The van der Waals surface area contributed by atoms with Gasteiger partial charge in [-0.3, -0.25) is 9.78 Å². The fourth-order valence-electron chi connectivity index (χ4n) is 3.67. The highest BCUT2D eigenvalue weighted by atomic mass is 16.2. The Balaban J connectivity index is 1.58. The first kappa shape index (κ1) is 14.5. The molecular weight excluding hydrogens is 262 g/mol. The molecule has 21 heavy (non-hydrogen) atoms. The highest BCUT2D eigenvalue weighted by molar-refractivity contribution is 5.77. The quantitative estimate of drug-likeness (QED) is 0.923. The molecule has 4 heteroatoms. The maximum absolute atomic E-state index is 12.6. The van der Waals surface area contributed by atoms with Gasteiger partial charge in [0.1, 0.15) is 0 Å². The monoisotopic (exact) mass is 287 g/mol. The van der Waals surface area contributed by atoms with E-state index in [1.807, 2.05) is 18.3 Å². The minimum Gasteiger partial charge on any atom is -0.338 e. The van der Waals surface area contributed by atoms with Gasteiger partial charge in [0, 0.05) is 37.4 Å². The Labute approximate surface area is 126 Å². The molecule has 2 unspecified atom stereocenters. The number of hydrogen-bond acceptors (Lipinski definition) is 3. The summed E-state index contributed by atoms with van der Waals surface area (Å²) in [6, 6.07) is 4.92. The van der Waals surface area contributed by atoms with Crippen molar-refractivity contribution in [2.45, 2.75) is 57.0 Å². The number of carbonyl (C=O) groups excluding carboxylic acids is 1. The van der Waals surface area contributed by atoms with Crippen molar-refractivity contribution in [3.8, 4) is 0 Å². The van der Waals surface area contributed by atoms with Gasteiger partial charge in [-0.2, -0.15) is 0 Å². The second-order valence-electron chi connectivity index (χ2n) is 6.21. The number of likely N-dealkylation sites (tertiary alicyclic amines) is 1. The molecule has 114 valence electrons. The van der Waals surface area contributed by atoms with Crippen molar-refractivity contribution in [1.29, 1.82) is 0 Å². The lowest BCUT2D eigenvalue weighted by atomic mass is 9.94. The van der Waals surface area contributed by atoms with Gasteiger partial charge >= 0.3 is 0 Å². The van der Waals surface area contributed by atoms with Crippen LogP contribution in [0.15, 0.2) is 24.5 Å². The number of aromatic nitrogens is 1. The van der Waals surface area contributed by atoms with Gasteiger partial charge in [-0.15, -0.1) is 0 Å². The summed E-state index contributed by atoms with van der Waals surface area (Å²) < 4.78 is 0. The Hall–Kier alpha value is -1.42. The number of amides is 1. The van der Waals surface area contributed by atoms with Crippen molar-refractivity contribution in [3.05, 3.63) is 30.1 Å². The standard InChI is InChI=1S/C17H25N3O/c21-17(9-8-14-5-3-10-18-13-14)20-12-2-1-7-16(20)15-6-4-11-19-15/h3,5,10,13,15-16,19H,1-2,4,6-9,11-12H2. The first-order valence-corrected chi connectivity index (χ1v) is 8.26. The van der Waals surface area contributed by atoms with Crippen LogP contribution in [0.5, 0.6) is 0 Å². The number of nitrogens with zero attached hydrogens (tertiary/aromatic N) is 2. The van der Waals surface area contributed by atoms with Crippen molar-refractivity contribution < 1.29 is 4.79 Å². The molecule has 3 rings (SSSR count). The predicted molar refractivity (Wildman–Crippen MR) is 82.9 cm³/mol. The minimum atomic E-state index is 0.317. The normalized spacial score (nSPS) is 26.0. The highest BCUT2D eigenvalue weighted by Crippen LogP contribution is 2.25. The van der Waals surface area contributed by atoms with Crippen LogP contribution in [0.2, 0.25) is 0 Å². The molecule has 1 N–H and O–H groups in total. The van der Waals surface area contributed by atoms with Crippen molar-refractivity contribution in [2.75, 3.05) is 13.1 Å². The summed E-state index contributed by atoms with van der Waals surface area (Å²) in [6.07, 6.45) is 11.1. The second kappa shape index (κ2) is 7.03. The first-order chi connectivity index (χ1) is 10.3. The maximum Gasteiger partial charge on any atom is 0.223 e. The molecule has 0 spiro atoms. The smallest absolute Gasteiger partial charge is 0.223 e. The van der Waals surface area contributed by atoms with Crippen LogP contribution in [-0.4, -0.2) is 41.0 Å². The predicted octanol–water partition coefficient (Wildman–Crippen LogP) is 2.15. The molecule has 2 saturated heterocycles. The third-order valence-corrected chi connectivity index (χ3v) is 4.78. The Kier molecular flexibility index (Phi) is 4.86. The molecule has 0 bridgehead atoms. The van der Waals surface area contributed by atoms with Crippen LogP contribution in [0.3, 0.4) is 0 Å². The van der Waals surface area contributed by atoms with Gasteiger partial charge < -0.3 is 10.2 Å². The molecule has 1 aromatic heterocycles. The van der Waals surface area contributed by atoms with Gasteiger partial charge in [0.2, 0.25) is 5.91 Å². The molecule has 1 amide bonds. The summed E-state index contributed by atoms with van der Waals surface area (Å²) in [5, 5.41) is 3.58. The van der Waals surface area contributed by atoms with Crippen molar-refractivity contribution in [3.63, 3.8) is 0 Å². The van der Waals surface area contributed by atoms with E-state index in [0.717, 1.165) is 37.9 Å². The van der Waals surface area contributed by atoms with Gasteiger partial charge in [-0.1, -0.05) is 6.07 Å². The Bertz CT molecular complexity index is 456. The molecule has 4 nitrogen and oxygen atoms in total. The molecule has 2 aliphatic heterocycles. The average Bonchev–Trinajstić information content (AvgIpc) is 3.08. The number of hydrogen-bond donors (Lipinski definition) is 1. The third-order valence-electron chi connectivity index (χ3n) is 4.78. The summed E-state index contributed by atoms with van der Waals surface area (Å²) >= 11 is 0. The number of aryl methyl sites for hydroxylation is 1. The van der Waals surface area contributed by atoms with E-state index < -0.39 is 0 Å². The highest BCUT2D eigenvalue weighted by Gasteiger charge is 2.33. The van der Waals surface area contributed by atoms with E-state index >= 15 is 0 Å². The summed E-state index contributed by atoms with van der Waals surface area (Å²) in [6.45, 7) is 2.05. The van der Waals surface area contributed by atoms with Crippen molar-refractivity contribution in [2.24, 2.45) is 0 Å². The average molecular weight is 287 g/mol. The van der Waals surface area contributed by atoms with E-state index in [1.54, 1.807) is 6.20 Å². The van der Waals surface area contributed by atoms with Crippen LogP contribution in [-0.2, 0) is 11.2 Å². The minimum absolute atomic E-state index is 0.317. The van der Waals surface area contributed by atoms with Gasteiger partial charge in [-0.05, 0) is 56.7 Å². The topological polar surface area (TPSA) is 45.2 Å². The van der Waals surface area contributed by atoms with E-state index in [9.17, 15) is 4.79 Å². The van der Waals surface area contributed by atoms with E-state index in [0.29, 0.717) is 24.4 Å². The number of nitrogens with one attached hydrogen (secondary N) is 1. The van der Waals surface area contributed by atoms with Gasteiger partial charge in [0.05, 0.1) is 0 Å². The van der Waals surface area contributed by atoms with Crippen LogP contribution >= 0.6 is 0 Å². The molecule has 0 aliphatic carbocycles. The van der Waals surface area contributed by atoms with Crippen LogP contribution in [0.1, 0.15) is 44.1 Å². The molecule has 2 fully saturated rings. The molecule has 2 aliphatic rings. The number of piperidine rings is 1. The maximum atomic E-state index is 12.6. The number of pyridine rings is 1. The third kappa shape index (κ3) is 3.62. The zero-order valence-corrected chi connectivity index (χ0v) is 12.6. The van der Waals surface area contributed by atoms with Crippen LogP contribution < -0.4 is 5.32 Å². The van der Waals surface area contributed by atoms with E-state index in [1.165, 1.54) is 19.3 Å². The number of rotatable bonds is 4. The summed E-state index contributed by atoms with van der Waals surface area (Å²) in [5.74, 6) is 0.317. The fourth-order valence-corrected chi connectivity index (χ4v) is 3.67. The Morgan fingerprint density at radius 3 is 3.05 bits per heavy atom. The van der Waals surface area contributed by atoms with Crippen LogP contribution in [0, 0.1) is 0 Å². The summed E-state index contributed by atoms with van der Waals surface area (Å²) in [5.41, 5.74) is 1.15. The Morgan fingerprint density at radius 2 is 2.29 bits per heavy atom. The van der Waals surface area contributed by atoms with Crippen molar-refractivity contribution in [1.82, 2.24) is 15.2 Å². The van der Waals surface area contributed by atoms with Crippen LogP contribution in [0.25, 0.3) is 0 Å². The zero-order valence-electron chi connectivity index (χ0n) is 12.6. The van der Waals surface area contributed by atoms with Crippen molar-refractivity contribution >= 4 is 5.91 Å². The molecular formula is C17H25N3O. The van der Waals surface area contributed by atoms with Gasteiger partial charge in [0.25, 0.3) is 0 Å². The molecule has 0 saturated carbocycles. The Morgan fingerprint density at radius 1 is 1.33 bits per heavy atom. The zero-order chi connectivity index (χ0) is 14.5. The number of carbonyl (C=O) groups is 1. The van der Waals surface area contributed by atoms with Gasteiger partial charge in [0.15, 0.2) is 0 Å². The lowest BCUT2D eigenvalue weighted by molar-refractivity contribution is -0.135. The molecule has 3 heterocycles. The lowest BCUT2D eigenvalue weighted by Gasteiger charge is -2.39. The van der Waals surface area contributed by atoms with Crippen LogP contribution in [0.4, 0.5) is 0 Å². The summed E-state index contributed by atoms with van der Waals surface area (Å²) in [4.78, 5) is 18.9. The lowest BCUT2D eigenvalue weighted by Crippen LogP contribution is -2.52. The largest absolute Gasteiger partial charge is 0.338 e. The molecule has 1 aromatic rings. The summed E-state index contributed by atoms with van der Waals surface area (Å²) in [7, 11) is 0. The van der Waals surface area contributed by atoms with E-state index in [4.69, 9.17) is 0 Å². The second-order valence-corrected chi connectivity index (χ2v) is 6.21. The fraction of sp³-hybridized carbons (Fsp3) is 0.647. The molecule has 2 atom stereocenters. The molecule has 0 radical (unpaired) electrons.